The van der Waals surface area contributed by atoms with Gasteiger partial charge in [-0.15, -0.1) is 11.3 Å². The molecule has 78 valence electrons. The molecule has 1 aliphatic heterocycles. The average molecular weight is 232 g/mol. The van der Waals surface area contributed by atoms with Crippen LogP contribution in [0.1, 0.15) is 18.2 Å². The van der Waals surface area contributed by atoms with Crippen molar-refractivity contribution in [1.29, 1.82) is 0 Å². The van der Waals surface area contributed by atoms with Crippen molar-refractivity contribution in [3.63, 3.8) is 0 Å². The molecule has 0 amide bonds. The Hall–Kier alpha value is -0.620. The van der Waals surface area contributed by atoms with E-state index in [0.717, 1.165) is 4.88 Å². The lowest BCUT2D eigenvalue weighted by Gasteiger charge is -2.18. The first-order valence-electron chi connectivity index (χ1n) is 4.34. The van der Waals surface area contributed by atoms with Crippen molar-refractivity contribution in [3.05, 3.63) is 11.1 Å². The van der Waals surface area contributed by atoms with E-state index in [1.54, 1.807) is 6.20 Å². The first-order chi connectivity index (χ1) is 6.41. The molecule has 0 spiro atoms. The van der Waals surface area contributed by atoms with Gasteiger partial charge in [-0.1, -0.05) is 6.92 Å². The van der Waals surface area contributed by atoms with Gasteiger partial charge < -0.3 is 5.73 Å². The lowest BCUT2D eigenvalue weighted by molar-refractivity contribution is 0.546. The van der Waals surface area contributed by atoms with Crippen LogP contribution in [0, 0.1) is 0 Å². The molecule has 0 bridgehead atoms. The van der Waals surface area contributed by atoms with Gasteiger partial charge in [0, 0.05) is 16.5 Å². The van der Waals surface area contributed by atoms with Crippen LogP contribution in [0.2, 0.25) is 0 Å². The Balaban J connectivity index is 2.36. The van der Waals surface area contributed by atoms with Crippen LogP contribution in [0.3, 0.4) is 0 Å². The summed E-state index contributed by atoms with van der Waals surface area (Å²) < 4.78 is 22.8. The number of nitrogen functional groups attached to an aromatic ring is 1. The molecule has 2 N–H and O–H groups in total. The van der Waals surface area contributed by atoms with Gasteiger partial charge in [-0.3, -0.25) is 0 Å². The molecule has 14 heavy (non-hydrogen) atoms. The number of thiazole rings is 1. The van der Waals surface area contributed by atoms with Gasteiger partial charge in [-0.25, -0.2) is 13.4 Å². The van der Waals surface area contributed by atoms with E-state index in [1.807, 2.05) is 6.92 Å². The molecule has 1 fully saturated rings. The highest BCUT2D eigenvalue weighted by atomic mass is 32.2. The highest BCUT2D eigenvalue weighted by molar-refractivity contribution is 7.91. The van der Waals surface area contributed by atoms with Crippen LogP contribution in [-0.2, 0) is 15.3 Å². The average Bonchev–Trinajstić information content (AvgIpc) is 2.57. The standard InChI is InChI=1S/C8H12N2O2S2/c1-8(2-3-14(11,12)5-8)6-4-10-7(9)13-6/h4H,2-3,5H2,1H3,(H2,9,10). The molecule has 1 aromatic heterocycles. The zero-order chi connectivity index (χ0) is 10.4. The molecule has 1 saturated heterocycles. The summed E-state index contributed by atoms with van der Waals surface area (Å²) in [5, 5.41) is 0.505. The molecule has 0 saturated carbocycles. The molecule has 1 aromatic rings. The van der Waals surface area contributed by atoms with Gasteiger partial charge in [0.15, 0.2) is 15.0 Å². The van der Waals surface area contributed by atoms with Crippen molar-refractivity contribution in [1.82, 2.24) is 4.98 Å². The second kappa shape index (κ2) is 2.93. The van der Waals surface area contributed by atoms with Gasteiger partial charge >= 0.3 is 0 Å². The third-order valence-electron chi connectivity index (χ3n) is 2.62. The SMILES string of the molecule is CC1(c2cnc(N)s2)CCS(=O)(=O)C1. The largest absolute Gasteiger partial charge is 0.375 e. The van der Waals surface area contributed by atoms with Crippen molar-refractivity contribution in [2.24, 2.45) is 0 Å². The third-order valence-corrected chi connectivity index (χ3v) is 5.66. The summed E-state index contributed by atoms with van der Waals surface area (Å²) in [5.41, 5.74) is 5.26. The van der Waals surface area contributed by atoms with Crippen molar-refractivity contribution >= 4 is 26.3 Å². The Morgan fingerprint density at radius 1 is 1.64 bits per heavy atom. The normalized spacial score (nSPS) is 30.6. The molecule has 2 heterocycles. The van der Waals surface area contributed by atoms with Crippen LogP contribution < -0.4 is 5.73 Å². The first-order valence-corrected chi connectivity index (χ1v) is 6.97. The lowest BCUT2D eigenvalue weighted by atomic mass is 9.89. The number of anilines is 1. The fourth-order valence-electron chi connectivity index (χ4n) is 1.77. The minimum absolute atomic E-state index is 0.224. The van der Waals surface area contributed by atoms with E-state index in [9.17, 15) is 8.42 Å². The van der Waals surface area contributed by atoms with E-state index in [-0.39, 0.29) is 16.9 Å². The summed E-state index contributed by atoms with van der Waals surface area (Å²) >= 11 is 1.39. The molecule has 1 atom stereocenters. The highest BCUT2D eigenvalue weighted by Crippen LogP contribution is 2.38. The Labute approximate surface area is 87.1 Å². The topological polar surface area (TPSA) is 73.0 Å². The van der Waals surface area contributed by atoms with Crippen LogP contribution in [0.25, 0.3) is 0 Å². The van der Waals surface area contributed by atoms with Crippen LogP contribution in [0.5, 0.6) is 0 Å². The smallest absolute Gasteiger partial charge is 0.180 e. The summed E-state index contributed by atoms with van der Waals surface area (Å²) in [4.78, 5) is 4.94. The molecule has 1 unspecified atom stereocenters. The van der Waals surface area contributed by atoms with Gasteiger partial charge in [-0.05, 0) is 6.42 Å². The van der Waals surface area contributed by atoms with E-state index in [4.69, 9.17) is 5.73 Å². The highest BCUT2D eigenvalue weighted by Gasteiger charge is 2.40. The van der Waals surface area contributed by atoms with Crippen molar-refractivity contribution in [2.75, 3.05) is 17.2 Å². The molecule has 1 aliphatic rings. The molecule has 4 nitrogen and oxygen atoms in total. The fourth-order valence-corrected chi connectivity index (χ4v) is 4.90. The van der Waals surface area contributed by atoms with Crippen LogP contribution >= 0.6 is 11.3 Å². The summed E-state index contributed by atoms with van der Waals surface area (Å²) in [6, 6.07) is 0. The molecular weight excluding hydrogens is 220 g/mol. The predicted octanol–water partition coefficient (Wildman–Crippen LogP) is 0.802. The van der Waals surface area contributed by atoms with Gasteiger partial charge in [0.05, 0.1) is 11.5 Å². The van der Waals surface area contributed by atoms with E-state index in [2.05, 4.69) is 4.98 Å². The predicted molar refractivity (Wildman–Crippen MR) is 57.1 cm³/mol. The molecule has 6 heteroatoms. The summed E-state index contributed by atoms with van der Waals surface area (Å²) in [5.74, 6) is 0.503. The van der Waals surface area contributed by atoms with E-state index < -0.39 is 9.84 Å². The third kappa shape index (κ3) is 1.64. The maximum Gasteiger partial charge on any atom is 0.180 e. The van der Waals surface area contributed by atoms with Gasteiger partial charge in [0.25, 0.3) is 0 Å². The maximum absolute atomic E-state index is 11.4. The minimum Gasteiger partial charge on any atom is -0.375 e. The Kier molecular flexibility index (Phi) is 2.08. The Morgan fingerprint density at radius 2 is 2.36 bits per heavy atom. The van der Waals surface area contributed by atoms with E-state index >= 15 is 0 Å². The van der Waals surface area contributed by atoms with Crippen molar-refractivity contribution in [3.8, 4) is 0 Å². The van der Waals surface area contributed by atoms with Crippen LogP contribution in [0.15, 0.2) is 6.20 Å². The van der Waals surface area contributed by atoms with Crippen molar-refractivity contribution in [2.45, 2.75) is 18.8 Å². The molecular formula is C8H12N2O2S2. The maximum atomic E-state index is 11.4. The number of nitrogens with zero attached hydrogens (tertiary/aromatic N) is 1. The summed E-state index contributed by atoms with van der Waals surface area (Å²) in [6.45, 7) is 1.96. The number of sulfone groups is 1. The van der Waals surface area contributed by atoms with E-state index in [1.165, 1.54) is 11.3 Å². The number of aromatic nitrogens is 1. The first kappa shape index (κ1) is 9.92. The second-order valence-corrected chi connectivity index (χ2v) is 7.21. The summed E-state index contributed by atoms with van der Waals surface area (Å²) in [6.07, 6.45) is 2.37. The van der Waals surface area contributed by atoms with Gasteiger partial charge in [0.1, 0.15) is 0 Å². The molecule has 0 radical (unpaired) electrons. The van der Waals surface area contributed by atoms with Crippen LogP contribution in [-0.4, -0.2) is 24.9 Å². The number of hydrogen-bond acceptors (Lipinski definition) is 5. The minimum atomic E-state index is -2.85. The number of nitrogens with two attached hydrogens (primary N) is 1. The summed E-state index contributed by atoms with van der Waals surface area (Å²) in [7, 11) is -2.85. The quantitative estimate of drug-likeness (QED) is 0.777. The molecule has 2 rings (SSSR count). The number of rotatable bonds is 1. The molecule has 0 aliphatic carbocycles. The van der Waals surface area contributed by atoms with Gasteiger partial charge in [0.2, 0.25) is 0 Å². The van der Waals surface area contributed by atoms with Crippen molar-refractivity contribution < 1.29 is 8.42 Å². The lowest BCUT2D eigenvalue weighted by Crippen LogP contribution is -2.21. The monoisotopic (exact) mass is 232 g/mol. The molecule has 0 aromatic carbocycles. The Morgan fingerprint density at radius 3 is 2.79 bits per heavy atom. The zero-order valence-electron chi connectivity index (χ0n) is 7.86. The fraction of sp³-hybridized carbons (Fsp3) is 0.625. The van der Waals surface area contributed by atoms with Crippen LogP contribution in [0.4, 0.5) is 5.13 Å². The number of hydrogen-bond donors (Lipinski definition) is 1. The Bertz CT molecular complexity index is 452. The van der Waals surface area contributed by atoms with E-state index in [0.29, 0.717) is 11.6 Å². The zero-order valence-corrected chi connectivity index (χ0v) is 9.49. The second-order valence-electron chi connectivity index (χ2n) is 3.97. The van der Waals surface area contributed by atoms with Gasteiger partial charge in [-0.2, -0.15) is 0 Å².